The summed E-state index contributed by atoms with van der Waals surface area (Å²) in [5.74, 6) is -1.65. The normalized spacial score (nSPS) is 11.6. The highest BCUT2D eigenvalue weighted by atomic mass is 35.5. The van der Waals surface area contributed by atoms with Gasteiger partial charge in [0, 0.05) is 23.6 Å². The molecule has 0 atom stereocenters. The molecular weight excluding hydrogens is 520 g/mol. The summed E-state index contributed by atoms with van der Waals surface area (Å²) >= 11 is 12.0. The first-order valence-corrected chi connectivity index (χ1v) is 11.3. The molecule has 34 heavy (non-hydrogen) atoms. The van der Waals surface area contributed by atoms with E-state index >= 15 is 0 Å². The van der Waals surface area contributed by atoms with E-state index in [0.29, 0.717) is 6.07 Å². The minimum atomic E-state index is -4.69. The number of carbonyl (C=O) groups excluding carboxylic acids is 2. The number of nitrogens with one attached hydrogen (secondary N) is 3. The lowest BCUT2D eigenvalue weighted by Gasteiger charge is -2.14. The number of anilines is 1. The number of hydrogen-bond donors (Lipinski definition) is 3. The predicted octanol–water partition coefficient (Wildman–Crippen LogP) is 4.28. The van der Waals surface area contributed by atoms with Gasteiger partial charge in [0.15, 0.2) is 0 Å². The van der Waals surface area contributed by atoms with Crippen molar-refractivity contribution in [1.29, 1.82) is 0 Å². The molecule has 8 nitrogen and oxygen atoms in total. The quantitative estimate of drug-likeness (QED) is 0.424. The average Bonchev–Trinajstić information content (AvgIpc) is 2.77. The molecule has 0 saturated heterocycles. The zero-order valence-corrected chi connectivity index (χ0v) is 19.0. The molecule has 0 aliphatic heterocycles. The Morgan fingerprint density at radius 2 is 1.53 bits per heavy atom. The van der Waals surface area contributed by atoms with Crippen LogP contribution in [0.2, 0.25) is 10.0 Å². The minimum Gasteiger partial charge on any atom is -0.280 e. The molecule has 1 heterocycles. The van der Waals surface area contributed by atoms with Gasteiger partial charge in [0.2, 0.25) is 0 Å². The van der Waals surface area contributed by atoms with Gasteiger partial charge in [-0.25, -0.2) is 8.42 Å². The van der Waals surface area contributed by atoms with Gasteiger partial charge in [-0.1, -0.05) is 29.3 Å². The molecule has 0 unspecified atom stereocenters. The molecule has 0 bridgehead atoms. The van der Waals surface area contributed by atoms with Crippen molar-refractivity contribution in [1.82, 2.24) is 15.8 Å². The minimum absolute atomic E-state index is 0.186. The molecule has 0 aliphatic rings. The van der Waals surface area contributed by atoms with Gasteiger partial charge in [-0.05, 0) is 42.5 Å². The van der Waals surface area contributed by atoms with Crippen molar-refractivity contribution in [3.8, 4) is 0 Å². The van der Waals surface area contributed by atoms with Crippen LogP contribution in [0.3, 0.4) is 0 Å². The van der Waals surface area contributed by atoms with Gasteiger partial charge in [0.05, 0.1) is 21.2 Å². The molecule has 0 aliphatic carbocycles. The summed E-state index contributed by atoms with van der Waals surface area (Å²) in [5, 5.41) is -0.625. The van der Waals surface area contributed by atoms with Crippen LogP contribution < -0.4 is 15.6 Å². The summed E-state index contributed by atoms with van der Waals surface area (Å²) in [6.45, 7) is 0. The first-order chi connectivity index (χ1) is 15.9. The number of hydrogen-bond acceptors (Lipinski definition) is 5. The zero-order valence-electron chi connectivity index (χ0n) is 16.7. The van der Waals surface area contributed by atoms with Crippen molar-refractivity contribution in [3.05, 3.63) is 87.7 Å². The maximum absolute atomic E-state index is 12.9. The van der Waals surface area contributed by atoms with E-state index in [-0.39, 0.29) is 26.9 Å². The number of carbonyl (C=O) groups is 2. The largest absolute Gasteiger partial charge is 0.416 e. The second-order valence-electron chi connectivity index (χ2n) is 6.59. The van der Waals surface area contributed by atoms with Crippen LogP contribution >= 0.6 is 23.2 Å². The van der Waals surface area contributed by atoms with Crippen molar-refractivity contribution in [2.24, 2.45) is 0 Å². The molecule has 1 aromatic heterocycles. The van der Waals surface area contributed by atoms with Gasteiger partial charge in [-0.3, -0.25) is 30.1 Å². The van der Waals surface area contributed by atoms with E-state index in [1.54, 1.807) is 0 Å². The van der Waals surface area contributed by atoms with E-state index in [1.807, 2.05) is 4.72 Å². The third-order valence-electron chi connectivity index (χ3n) is 4.23. The Labute approximate surface area is 201 Å². The molecule has 14 heteroatoms. The number of aromatic nitrogens is 1. The van der Waals surface area contributed by atoms with Crippen LogP contribution in [0, 0.1) is 0 Å². The first kappa shape index (κ1) is 25.3. The van der Waals surface area contributed by atoms with Crippen molar-refractivity contribution in [3.63, 3.8) is 0 Å². The Bertz CT molecular complexity index is 1350. The Balaban J connectivity index is 1.84. The lowest BCUT2D eigenvalue weighted by molar-refractivity contribution is -0.137. The van der Waals surface area contributed by atoms with E-state index in [2.05, 4.69) is 15.8 Å². The molecule has 3 N–H and O–H groups in total. The number of pyridine rings is 1. The first-order valence-electron chi connectivity index (χ1n) is 9.08. The van der Waals surface area contributed by atoms with Crippen LogP contribution in [0.15, 0.2) is 65.8 Å². The van der Waals surface area contributed by atoms with E-state index < -0.39 is 38.5 Å². The summed E-state index contributed by atoms with van der Waals surface area (Å²) in [4.78, 5) is 27.7. The van der Waals surface area contributed by atoms with Gasteiger partial charge in [-0.15, -0.1) is 0 Å². The van der Waals surface area contributed by atoms with Crippen LogP contribution in [0.25, 0.3) is 0 Å². The molecule has 2 amide bonds. The molecule has 0 saturated carbocycles. The van der Waals surface area contributed by atoms with Gasteiger partial charge in [-0.2, -0.15) is 13.2 Å². The van der Waals surface area contributed by atoms with Gasteiger partial charge in [0.25, 0.3) is 21.8 Å². The lowest BCUT2D eigenvalue weighted by Crippen LogP contribution is -2.41. The van der Waals surface area contributed by atoms with E-state index in [9.17, 15) is 31.2 Å². The van der Waals surface area contributed by atoms with E-state index in [4.69, 9.17) is 23.2 Å². The molecular formula is C20H13Cl2F3N4O4S. The maximum atomic E-state index is 12.9. The van der Waals surface area contributed by atoms with Crippen LogP contribution in [0.4, 0.5) is 18.9 Å². The fourth-order valence-electron chi connectivity index (χ4n) is 2.63. The number of amides is 2. The average molecular weight is 533 g/mol. The topological polar surface area (TPSA) is 117 Å². The standard InChI is InChI=1S/C20H13Cl2F3N4O4S/c21-15-10-16(22)17(34(32,33)29-13-3-1-2-12(8-13)20(23,24)25)9-14(15)19(31)28-27-18(30)11-4-6-26-7-5-11/h1-10,29H,(H,27,30)(H,28,31). The van der Waals surface area contributed by atoms with E-state index in [0.717, 1.165) is 30.3 Å². The number of rotatable bonds is 5. The number of nitrogens with zero attached hydrogens (tertiary/aromatic N) is 1. The molecule has 3 rings (SSSR count). The fraction of sp³-hybridized carbons (Fsp3) is 0.0500. The maximum Gasteiger partial charge on any atom is 0.416 e. The predicted molar refractivity (Wildman–Crippen MR) is 118 cm³/mol. The molecule has 3 aromatic rings. The summed E-state index contributed by atoms with van der Waals surface area (Å²) in [7, 11) is -4.54. The highest BCUT2D eigenvalue weighted by Gasteiger charge is 2.31. The van der Waals surface area contributed by atoms with Crippen LogP contribution in [-0.2, 0) is 16.2 Å². The molecule has 0 spiro atoms. The second kappa shape index (κ2) is 9.87. The number of sulfonamides is 1. The zero-order chi connectivity index (χ0) is 25.1. The van der Waals surface area contributed by atoms with E-state index in [1.165, 1.54) is 24.5 Å². The Morgan fingerprint density at radius 1 is 0.882 bits per heavy atom. The van der Waals surface area contributed by atoms with Crippen LogP contribution in [-0.4, -0.2) is 25.2 Å². The van der Waals surface area contributed by atoms with Crippen LogP contribution in [0.1, 0.15) is 26.3 Å². The van der Waals surface area contributed by atoms with Crippen LogP contribution in [0.5, 0.6) is 0 Å². The molecule has 0 radical (unpaired) electrons. The van der Waals surface area contributed by atoms with Gasteiger partial charge < -0.3 is 0 Å². The summed E-state index contributed by atoms with van der Waals surface area (Å²) in [5.41, 5.74) is 2.58. The molecule has 178 valence electrons. The van der Waals surface area contributed by atoms with Gasteiger partial charge >= 0.3 is 6.18 Å². The Kier molecular flexibility index (Phi) is 7.34. The van der Waals surface area contributed by atoms with Crippen molar-refractivity contribution >= 4 is 50.7 Å². The second-order valence-corrected chi connectivity index (χ2v) is 9.06. The summed E-state index contributed by atoms with van der Waals surface area (Å²) in [6, 6.07) is 8.09. The number of alkyl halides is 3. The number of halogens is 5. The number of hydrazine groups is 1. The highest BCUT2D eigenvalue weighted by molar-refractivity contribution is 7.92. The van der Waals surface area contributed by atoms with Gasteiger partial charge in [0.1, 0.15) is 4.90 Å². The number of benzene rings is 2. The van der Waals surface area contributed by atoms with Crippen molar-refractivity contribution in [2.75, 3.05) is 4.72 Å². The SMILES string of the molecule is O=C(NNC(=O)c1cc(S(=O)(=O)Nc2cccc(C(F)(F)F)c2)c(Cl)cc1Cl)c1ccncc1. The highest BCUT2D eigenvalue weighted by Crippen LogP contribution is 2.33. The summed E-state index contributed by atoms with van der Waals surface area (Å²) < 4.78 is 66.3. The van der Waals surface area contributed by atoms with Crippen molar-refractivity contribution in [2.45, 2.75) is 11.1 Å². The lowest BCUT2D eigenvalue weighted by atomic mass is 10.2. The Hall–Kier alpha value is -3.35. The Morgan fingerprint density at radius 3 is 2.18 bits per heavy atom. The third-order valence-corrected chi connectivity index (χ3v) is 6.39. The monoisotopic (exact) mass is 532 g/mol. The van der Waals surface area contributed by atoms with Crippen molar-refractivity contribution < 1.29 is 31.2 Å². The third kappa shape index (κ3) is 5.95. The smallest absolute Gasteiger partial charge is 0.280 e. The molecule has 0 fully saturated rings. The molecule has 2 aromatic carbocycles. The summed E-state index contributed by atoms with van der Waals surface area (Å²) in [6.07, 6.45) is -1.96. The fourth-order valence-corrected chi connectivity index (χ4v) is 4.54.